The second-order valence-electron chi connectivity index (χ2n) is 20.6. The number of carbonyl (C=O) groups excluding carboxylic acids is 3. The molecule has 1 unspecified atom stereocenters. The van der Waals surface area contributed by atoms with E-state index >= 15 is 0 Å². The van der Waals surface area contributed by atoms with Crippen LogP contribution in [-0.4, -0.2) is 37.2 Å². The summed E-state index contributed by atoms with van der Waals surface area (Å²) in [7, 11) is 0. The van der Waals surface area contributed by atoms with E-state index in [1.54, 1.807) is 0 Å². The minimum Gasteiger partial charge on any atom is -0.462 e. The van der Waals surface area contributed by atoms with Gasteiger partial charge in [0, 0.05) is 19.3 Å². The fraction of sp³-hybridized carbons (Fsp3) is 0.857. The van der Waals surface area contributed by atoms with Gasteiger partial charge < -0.3 is 14.2 Å². The predicted molar refractivity (Wildman–Crippen MR) is 298 cm³/mol. The summed E-state index contributed by atoms with van der Waals surface area (Å²) in [4.78, 5) is 38.0. The molecule has 0 bridgehead atoms. The Hall–Kier alpha value is -2.37. The monoisotopic (exact) mass is 969 g/mol. The third-order valence-corrected chi connectivity index (χ3v) is 13.6. The summed E-state index contributed by atoms with van der Waals surface area (Å²) < 4.78 is 16.8. The molecule has 1 atom stereocenters. The molecule has 404 valence electrons. The molecule has 0 N–H and O–H groups in total. The molecule has 0 spiro atoms. The number of hydrogen-bond donors (Lipinski definition) is 0. The van der Waals surface area contributed by atoms with Gasteiger partial charge in [-0.05, 0) is 57.8 Å². The van der Waals surface area contributed by atoms with Crippen molar-refractivity contribution in [1.29, 1.82) is 0 Å². The van der Waals surface area contributed by atoms with Crippen molar-refractivity contribution in [3.8, 4) is 0 Å². The van der Waals surface area contributed by atoms with E-state index in [2.05, 4.69) is 57.2 Å². The van der Waals surface area contributed by atoms with Gasteiger partial charge in [-0.1, -0.05) is 288 Å². The van der Waals surface area contributed by atoms with Crippen molar-refractivity contribution in [2.24, 2.45) is 0 Å². The van der Waals surface area contributed by atoms with Crippen molar-refractivity contribution in [2.75, 3.05) is 13.2 Å². The van der Waals surface area contributed by atoms with E-state index in [4.69, 9.17) is 14.2 Å². The molecule has 0 heterocycles. The largest absolute Gasteiger partial charge is 0.462 e. The molecule has 6 nitrogen and oxygen atoms in total. The van der Waals surface area contributed by atoms with Crippen LogP contribution in [0.3, 0.4) is 0 Å². The van der Waals surface area contributed by atoms with Gasteiger partial charge in [-0.2, -0.15) is 0 Å². The number of ether oxygens (including phenoxy) is 3. The highest BCUT2D eigenvalue weighted by Gasteiger charge is 2.19. The molecule has 0 aliphatic heterocycles. The number of esters is 3. The summed E-state index contributed by atoms with van der Waals surface area (Å²) in [6, 6.07) is 0. The van der Waals surface area contributed by atoms with Gasteiger partial charge in [-0.3, -0.25) is 14.4 Å². The smallest absolute Gasteiger partial charge is 0.306 e. The van der Waals surface area contributed by atoms with Gasteiger partial charge in [0.2, 0.25) is 0 Å². The maximum atomic E-state index is 12.8. The summed E-state index contributed by atoms with van der Waals surface area (Å²) in [6.07, 6.45) is 70.2. The summed E-state index contributed by atoms with van der Waals surface area (Å²) in [5.74, 6) is -0.851. The van der Waals surface area contributed by atoms with E-state index in [-0.39, 0.29) is 31.1 Å². The number of hydrogen-bond acceptors (Lipinski definition) is 6. The molecule has 0 saturated heterocycles. The Balaban J connectivity index is 4.09. The molecule has 0 aromatic rings. The number of rotatable bonds is 56. The van der Waals surface area contributed by atoms with Gasteiger partial charge in [-0.15, -0.1) is 0 Å². The Kier molecular flexibility index (Phi) is 56.2. The maximum Gasteiger partial charge on any atom is 0.306 e. The first-order valence-electron chi connectivity index (χ1n) is 30.5. The summed E-state index contributed by atoms with van der Waals surface area (Å²) in [6.45, 7) is 6.65. The SMILES string of the molecule is CCCCCCC/C=C\C/C=C\C/C=C\CCCCCCCCCCCCCCCCC(=O)OCC(COC(=O)CCCCCCCCCCCC)OC(=O)CCCCCCCCCCCCCC. The minimum atomic E-state index is -0.765. The zero-order chi connectivity index (χ0) is 50.0. The van der Waals surface area contributed by atoms with Gasteiger partial charge in [0.25, 0.3) is 0 Å². The van der Waals surface area contributed by atoms with E-state index in [0.717, 1.165) is 70.6 Å². The molecule has 6 heteroatoms. The third-order valence-electron chi connectivity index (χ3n) is 13.6. The second kappa shape index (κ2) is 58.2. The average Bonchev–Trinajstić information content (AvgIpc) is 3.35. The Labute approximate surface area is 429 Å². The van der Waals surface area contributed by atoms with E-state index in [1.807, 2.05) is 0 Å². The molecule has 0 aliphatic rings. The lowest BCUT2D eigenvalue weighted by Crippen LogP contribution is -2.30. The summed E-state index contributed by atoms with van der Waals surface area (Å²) in [5, 5.41) is 0. The van der Waals surface area contributed by atoms with Gasteiger partial charge in [-0.25, -0.2) is 0 Å². The Morgan fingerprint density at radius 2 is 0.522 bits per heavy atom. The molecule has 69 heavy (non-hydrogen) atoms. The van der Waals surface area contributed by atoms with Crippen LogP contribution < -0.4 is 0 Å². The van der Waals surface area contributed by atoms with Crippen LogP contribution in [0.1, 0.15) is 329 Å². The van der Waals surface area contributed by atoms with Crippen LogP contribution in [0.5, 0.6) is 0 Å². The molecule has 0 amide bonds. The molecule has 0 fully saturated rings. The molecule has 0 radical (unpaired) electrons. The lowest BCUT2D eigenvalue weighted by molar-refractivity contribution is -0.167. The summed E-state index contributed by atoms with van der Waals surface area (Å²) in [5.41, 5.74) is 0. The molecule has 0 aromatic carbocycles. The summed E-state index contributed by atoms with van der Waals surface area (Å²) >= 11 is 0. The minimum absolute atomic E-state index is 0.0666. The molecule has 0 aromatic heterocycles. The first kappa shape index (κ1) is 66.6. The highest BCUT2D eigenvalue weighted by molar-refractivity contribution is 5.71. The van der Waals surface area contributed by atoms with Crippen LogP contribution in [0, 0.1) is 0 Å². The van der Waals surface area contributed by atoms with Crippen LogP contribution in [-0.2, 0) is 28.6 Å². The highest BCUT2D eigenvalue weighted by Crippen LogP contribution is 2.17. The Morgan fingerprint density at radius 3 is 0.812 bits per heavy atom. The van der Waals surface area contributed by atoms with Crippen molar-refractivity contribution < 1.29 is 28.6 Å². The van der Waals surface area contributed by atoms with Gasteiger partial charge in [0.05, 0.1) is 0 Å². The molecule has 0 saturated carbocycles. The van der Waals surface area contributed by atoms with Crippen LogP contribution in [0.2, 0.25) is 0 Å². The zero-order valence-corrected chi connectivity index (χ0v) is 46.3. The van der Waals surface area contributed by atoms with Gasteiger partial charge in [0.15, 0.2) is 6.10 Å². The quantitative estimate of drug-likeness (QED) is 0.0261. The van der Waals surface area contributed by atoms with E-state index < -0.39 is 6.10 Å². The van der Waals surface area contributed by atoms with Crippen molar-refractivity contribution in [2.45, 2.75) is 335 Å². The average molecular weight is 970 g/mol. The molecular weight excluding hydrogens is 853 g/mol. The van der Waals surface area contributed by atoms with Crippen LogP contribution in [0.25, 0.3) is 0 Å². The zero-order valence-electron chi connectivity index (χ0n) is 46.3. The lowest BCUT2D eigenvalue weighted by atomic mass is 10.0. The van der Waals surface area contributed by atoms with Gasteiger partial charge >= 0.3 is 17.9 Å². The fourth-order valence-corrected chi connectivity index (χ4v) is 9.04. The topological polar surface area (TPSA) is 78.9 Å². The lowest BCUT2D eigenvalue weighted by Gasteiger charge is -2.18. The van der Waals surface area contributed by atoms with Crippen LogP contribution in [0.15, 0.2) is 36.5 Å². The van der Waals surface area contributed by atoms with Gasteiger partial charge in [0.1, 0.15) is 13.2 Å². The Bertz CT molecular complexity index is 1160. The van der Waals surface area contributed by atoms with Crippen molar-refractivity contribution in [3.63, 3.8) is 0 Å². The molecule has 0 aliphatic carbocycles. The normalized spacial score (nSPS) is 12.2. The third kappa shape index (κ3) is 56.4. The van der Waals surface area contributed by atoms with E-state index in [1.165, 1.54) is 218 Å². The highest BCUT2D eigenvalue weighted by atomic mass is 16.6. The van der Waals surface area contributed by atoms with Crippen LogP contribution in [0.4, 0.5) is 0 Å². The van der Waals surface area contributed by atoms with Crippen molar-refractivity contribution in [1.82, 2.24) is 0 Å². The Morgan fingerprint density at radius 1 is 0.290 bits per heavy atom. The number of allylic oxidation sites excluding steroid dienone is 6. The van der Waals surface area contributed by atoms with Crippen LogP contribution >= 0.6 is 0 Å². The van der Waals surface area contributed by atoms with Crippen molar-refractivity contribution >= 4 is 17.9 Å². The molecule has 0 rings (SSSR count). The second-order valence-corrected chi connectivity index (χ2v) is 20.6. The number of unbranched alkanes of at least 4 members (excludes halogenated alkanes) is 39. The molecular formula is C63H116O6. The standard InChI is InChI=1S/C63H116O6/c1-4-7-10-13-16-19-22-24-25-26-27-28-29-30-31-32-33-34-35-36-37-38-39-40-42-44-47-50-53-56-62(65)68-59-60(58-67-61(64)55-52-49-46-43-21-18-15-12-9-6-3)69-63(66)57-54-51-48-45-41-23-20-17-14-11-8-5-2/h22,24,26-27,29-30,60H,4-21,23,25,28,31-59H2,1-3H3/b24-22-,27-26-,30-29-. The predicted octanol–water partition coefficient (Wildman–Crippen LogP) is 20.4. The fourth-order valence-electron chi connectivity index (χ4n) is 9.04. The number of carbonyl (C=O) groups is 3. The first-order chi connectivity index (χ1) is 34.0. The first-order valence-corrected chi connectivity index (χ1v) is 30.5. The van der Waals surface area contributed by atoms with E-state index in [9.17, 15) is 14.4 Å². The van der Waals surface area contributed by atoms with E-state index in [0.29, 0.717) is 19.3 Å². The van der Waals surface area contributed by atoms with Crippen molar-refractivity contribution in [3.05, 3.63) is 36.5 Å². The maximum absolute atomic E-state index is 12.8.